The van der Waals surface area contributed by atoms with Crippen molar-refractivity contribution in [2.45, 2.75) is 26.8 Å². The number of rotatable bonds is 3. The van der Waals surface area contributed by atoms with Crippen LogP contribution in [0.1, 0.15) is 28.3 Å². The monoisotopic (exact) mass is 384 g/mol. The number of aryl methyl sites for hydroxylation is 3. The first-order valence-corrected chi connectivity index (χ1v) is 9.78. The van der Waals surface area contributed by atoms with Crippen LogP contribution in [-0.2, 0) is 9.59 Å². The Kier molecular flexibility index (Phi) is 4.93. The van der Waals surface area contributed by atoms with Gasteiger partial charge in [0.1, 0.15) is 12.6 Å². The first-order chi connectivity index (χ1) is 14.0. The molecule has 0 saturated carbocycles. The van der Waals surface area contributed by atoms with Gasteiger partial charge in [-0.15, -0.1) is 0 Å². The second-order valence-electron chi connectivity index (χ2n) is 7.61. The van der Waals surface area contributed by atoms with Gasteiger partial charge >= 0.3 is 0 Å². The molecular weight excluding hydrogens is 360 g/mol. The van der Waals surface area contributed by atoms with Gasteiger partial charge in [-0.1, -0.05) is 54.1 Å². The molecular formula is C25H24N2O2. The van der Waals surface area contributed by atoms with E-state index in [4.69, 9.17) is 0 Å². The second kappa shape index (κ2) is 7.55. The van der Waals surface area contributed by atoms with E-state index in [-0.39, 0.29) is 18.4 Å². The number of carbonyl (C=O) groups is 2. The molecule has 0 bridgehead atoms. The van der Waals surface area contributed by atoms with Crippen molar-refractivity contribution in [1.82, 2.24) is 0 Å². The van der Waals surface area contributed by atoms with Crippen LogP contribution in [0.15, 0.2) is 72.8 Å². The second-order valence-corrected chi connectivity index (χ2v) is 7.61. The lowest BCUT2D eigenvalue weighted by Gasteiger charge is -2.40. The van der Waals surface area contributed by atoms with Gasteiger partial charge in [-0.25, -0.2) is 0 Å². The van der Waals surface area contributed by atoms with Crippen molar-refractivity contribution in [1.29, 1.82) is 0 Å². The van der Waals surface area contributed by atoms with Crippen LogP contribution in [0.4, 0.5) is 11.4 Å². The van der Waals surface area contributed by atoms with E-state index in [9.17, 15) is 9.59 Å². The van der Waals surface area contributed by atoms with Crippen LogP contribution in [0.5, 0.6) is 0 Å². The van der Waals surface area contributed by atoms with E-state index in [1.165, 1.54) is 0 Å². The van der Waals surface area contributed by atoms with Crippen molar-refractivity contribution in [2.75, 3.05) is 16.3 Å². The molecule has 0 N–H and O–H groups in total. The minimum atomic E-state index is -0.693. The van der Waals surface area contributed by atoms with Crippen LogP contribution >= 0.6 is 0 Å². The van der Waals surface area contributed by atoms with Crippen LogP contribution in [-0.4, -0.2) is 18.4 Å². The predicted octanol–water partition coefficient (Wildman–Crippen LogP) is 4.73. The molecule has 1 aliphatic heterocycles. The quantitative estimate of drug-likeness (QED) is 0.655. The molecule has 0 spiro atoms. The number of nitrogens with zero attached hydrogens (tertiary/aromatic N) is 2. The third-order valence-corrected chi connectivity index (χ3v) is 5.55. The fourth-order valence-corrected chi connectivity index (χ4v) is 3.73. The largest absolute Gasteiger partial charge is 0.301 e. The Hall–Kier alpha value is -3.40. The van der Waals surface area contributed by atoms with Crippen LogP contribution < -0.4 is 9.80 Å². The highest BCUT2D eigenvalue weighted by atomic mass is 16.2. The van der Waals surface area contributed by atoms with Gasteiger partial charge in [-0.3, -0.25) is 14.5 Å². The summed E-state index contributed by atoms with van der Waals surface area (Å²) in [6.07, 6.45) is 0. The Morgan fingerprint density at radius 1 is 0.759 bits per heavy atom. The topological polar surface area (TPSA) is 40.6 Å². The van der Waals surface area contributed by atoms with Gasteiger partial charge in [-0.05, 0) is 61.7 Å². The van der Waals surface area contributed by atoms with Gasteiger partial charge < -0.3 is 4.90 Å². The highest BCUT2D eigenvalue weighted by molar-refractivity contribution is 6.14. The van der Waals surface area contributed by atoms with E-state index in [2.05, 4.69) is 0 Å². The number of hydrogen-bond donors (Lipinski definition) is 0. The average molecular weight is 384 g/mol. The van der Waals surface area contributed by atoms with Gasteiger partial charge in [0.25, 0.3) is 5.91 Å². The fourth-order valence-electron chi connectivity index (χ4n) is 3.73. The summed E-state index contributed by atoms with van der Waals surface area (Å²) in [5.74, 6) is -0.194. The standard InChI is InChI=1S/C25H24N2O2/c1-17-9-12-21(13-10-17)27-23(28)16-26(22-14-11-18(2)19(3)15-22)25(29)24(27)20-7-5-4-6-8-20/h4-15,24H,16H2,1-3H3. The van der Waals surface area contributed by atoms with Crippen molar-refractivity contribution < 1.29 is 9.59 Å². The number of anilines is 2. The van der Waals surface area contributed by atoms with Crippen molar-refractivity contribution >= 4 is 23.2 Å². The summed E-state index contributed by atoms with van der Waals surface area (Å²) in [7, 11) is 0. The van der Waals surface area contributed by atoms with Crippen molar-refractivity contribution in [2.24, 2.45) is 0 Å². The zero-order valence-corrected chi connectivity index (χ0v) is 16.9. The first-order valence-electron chi connectivity index (χ1n) is 9.78. The molecule has 4 heteroatoms. The molecule has 2 amide bonds. The molecule has 1 aliphatic rings. The molecule has 0 aliphatic carbocycles. The summed E-state index contributed by atoms with van der Waals surface area (Å²) < 4.78 is 0. The third kappa shape index (κ3) is 3.54. The first kappa shape index (κ1) is 18.9. The Balaban J connectivity index is 1.80. The molecule has 3 aromatic rings. The summed E-state index contributed by atoms with van der Waals surface area (Å²) in [4.78, 5) is 30.2. The predicted molar refractivity (Wildman–Crippen MR) is 116 cm³/mol. The molecule has 3 aromatic carbocycles. The van der Waals surface area contributed by atoms with E-state index in [0.29, 0.717) is 0 Å². The number of carbonyl (C=O) groups excluding carboxylic acids is 2. The van der Waals surface area contributed by atoms with Crippen molar-refractivity contribution in [3.63, 3.8) is 0 Å². The van der Waals surface area contributed by atoms with Crippen LogP contribution in [0.3, 0.4) is 0 Å². The Bertz CT molecular complexity index is 1060. The minimum absolute atomic E-state index is 0.0263. The van der Waals surface area contributed by atoms with E-state index in [1.807, 2.05) is 93.6 Å². The van der Waals surface area contributed by atoms with Crippen LogP contribution in [0.25, 0.3) is 0 Å². The Morgan fingerprint density at radius 2 is 1.41 bits per heavy atom. The van der Waals surface area contributed by atoms with E-state index in [1.54, 1.807) is 9.80 Å². The molecule has 146 valence electrons. The molecule has 0 radical (unpaired) electrons. The Labute approximate surface area is 171 Å². The summed E-state index contributed by atoms with van der Waals surface area (Å²) in [6.45, 7) is 6.08. The number of benzene rings is 3. The summed E-state index contributed by atoms with van der Waals surface area (Å²) in [5.41, 5.74) is 5.67. The Morgan fingerprint density at radius 3 is 2.07 bits per heavy atom. The van der Waals surface area contributed by atoms with Crippen LogP contribution in [0.2, 0.25) is 0 Å². The maximum absolute atomic E-state index is 13.7. The van der Waals surface area contributed by atoms with Gasteiger partial charge in [0, 0.05) is 11.4 Å². The van der Waals surface area contributed by atoms with Gasteiger partial charge in [0.2, 0.25) is 5.91 Å². The summed E-state index contributed by atoms with van der Waals surface area (Å²) in [6, 6.07) is 22.4. The smallest absolute Gasteiger partial charge is 0.255 e. The highest BCUT2D eigenvalue weighted by Gasteiger charge is 2.41. The fraction of sp³-hybridized carbons (Fsp3) is 0.200. The zero-order valence-electron chi connectivity index (χ0n) is 16.9. The lowest BCUT2D eigenvalue weighted by Crippen LogP contribution is -2.56. The summed E-state index contributed by atoms with van der Waals surface area (Å²) in [5, 5.41) is 0. The van der Waals surface area contributed by atoms with Crippen molar-refractivity contribution in [3.8, 4) is 0 Å². The number of amides is 2. The van der Waals surface area contributed by atoms with E-state index < -0.39 is 6.04 Å². The molecule has 0 aromatic heterocycles. The van der Waals surface area contributed by atoms with Gasteiger partial charge in [-0.2, -0.15) is 0 Å². The SMILES string of the molecule is Cc1ccc(N2C(=O)CN(c3ccc(C)c(C)c3)C(=O)C2c2ccccc2)cc1. The lowest BCUT2D eigenvalue weighted by atomic mass is 9.98. The van der Waals surface area contributed by atoms with E-state index in [0.717, 1.165) is 33.6 Å². The molecule has 1 atom stereocenters. The molecule has 1 saturated heterocycles. The van der Waals surface area contributed by atoms with Gasteiger partial charge in [0.15, 0.2) is 0 Å². The molecule has 4 rings (SSSR count). The number of piperazine rings is 1. The van der Waals surface area contributed by atoms with Crippen molar-refractivity contribution in [3.05, 3.63) is 95.1 Å². The maximum atomic E-state index is 13.7. The molecule has 1 fully saturated rings. The molecule has 29 heavy (non-hydrogen) atoms. The third-order valence-electron chi connectivity index (χ3n) is 5.55. The van der Waals surface area contributed by atoms with Crippen LogP contribution in [0, 0.1) is 20.8 Å². The normalized spacial score (nSPS) is 17.0. The maximum Gasteiger partial charge on any atom is 0.255 e. The zero-order chi connectivity index (χ0) is 20.5. The molecule has 4 nitrogen and oxygen atoms in total. The average Bonchev–Trinajstić information content (AvgIpc) is 2.73. The molecule has 1 unspecified atom stereocenters. The summed E-state index contributed by atoms with van der Waals surface area (Å²) >= 11 is 0. The van der Waals surface area contributed by atoms with E-state index >= 15 is 0 Å². The molecule has 1 heterocycles. The lowest BCUT2D eigenvalue weighted by molar-refractivity contribution is -0.128. The highest BCUT2D eigenvalue weighted by Crippen LogP contribution is 2.35. The number of hydrogen-bond acceptors (Lipinski definition) is 2. The minimum Gasteiger partial charge on any atom is -0.301 e. The van der Waals surface area contributed by atoms with Gasteiger partial charge in [0.05, 0.1) is 0 Å².